The number of benzene rings is 8. The smallest absolute Gasteiger partial charge is 0.0526 e. The van der Waals surface area contributed by atoms with Crippen molar-refractivity contribution in [1.82, 2.24) is 4.90 Å². The highest BCUT2D eigenvalue weighted by Gasteiger charge is 2.72. The minimum atomic E-state index is -0.0741. The summed E-state index contributed by atoms with van der Waals surface area (Å²) in [5, 5.41) is 37.7. The first-order valence-corrected chi connectivity index (χ1v) is 20.8. The highest BCUT2D eigenvalue weighted by molar-refractivity contribution is 6.64. The lowest BCUT2D eigenvalue weighted by molar-refractivity contribution is 0.253. The number of rotatable bonds is 8. The van der Waals surface area contributed by atoms with Crippen LogP contribution < -0.4 is 10.4 Å². The summed E-state index contributed by atoms with van der Waals surface area (Å²) < 4.78 is 0. The SMILES string of the molecule is CCCCCCCCCC1N(C)CC23C4=c5ccc6c7ccc8c9ccc%10c%11ccc%12c%13c(c%14c%15c2c5c6c2c7c8c5c9c%10c(c%13%11)c%14c5c%152)C13C=%12C=C4. The van der Waals surface area contributed by atoms with Gasteiger partial charge in [0.1, 0.15) is 0 Å². The summed E-state index contributed by atoms with van der Waals surface area (Å²) in [7, 11) is 2.52. The number of hydrogen-bond acceptors (Lipinski definition) is 1. The molecule has 0 aromatic heterocycles. The maximum absolute atomic E-state index is 2.88. The van der Waals surface area contributed by atoms with Gasteiger partial charge >= 0.3 is 0 Å². The highest BCUT2D eigenvalue weighted by Crippen LogP contribution is 2.76. The van der Waals surface area contributed by atoms with Gasteiger partial charge in [0.05, 0.1) is 10.8 Å². The molecule has 12 aromatic rings. The molecular weight excluding hydrogens is 639 g/mol. The molecule has 53 heavy (non-hydrogen) atoms. The number of hydrogen-bond donors (Lipinski definition) is 0. The molecule has 17 rings (SSSR count). The maximum Gasteiger partial charge on any atom is 0.0526 e. The molecule has 2 spiro atoms. The average molecular weight is 674 g/mol. The summed E-state index contributed by atoms with van der Waals surface area (Å²) in [6.07, 6.45) is 16.1. The fraction of sp³-hybridized carbons (Fsp3) is 0.269. The lowest BCUT2D eigenvalue weighted by atomic mass is 9.47. The molecular formula is C52H35N. The zero-order valence-corrected chi connectivity index (χ0v) is 30.2. The molecule has 0 bridgehead atoms. The summed E-state index contributed by atoms with van der Waals surface area (Å²) in [4.78, 5) is 2.88. The van der Waals surface area contributed by atoms with E-state index in [1.807, 2.05) is 0 Å². The molecule has 248 valence electrons. The topological polar surface area (TPSA) is 3.24 Å². The van der Waals surface area contributed by atoms with Crippen molar-refractivity contribution in [3.8, 4) is 0 Å². The predicted octanol–water partition coefficient (Wildman–Crippen LogP) is 11.7. The first-order chi connectivity index (χ1) is 26.2. The largest absolute Gasteiger partial charge is 0.301 e. The van der Waals surface area contributed by atoms with Crippen LogP contribution in [-0.4, -0.2) is 24.5 Å². The Morgan fingerprint density at radius 3 is 1.51 bits per heavy atom. The van der Waals surface area contributed by atoms with Gasteiger partial charge in [-0.3, -0.25) is 0 Å². The molecule has 1 fully saturated rings. The molecule has 5 aliphatic rings. The molecule has 3 unspecified atom stereocenters. The molecule has 0 saturated carbocycles. The van der Waals surface area contributed by atoms with Crippen molar-refractivity contribution < 1.29 is 0 Å². The summed E-state index contributed by atoms with van der Waals surface area (Å²) in [5.41, 5.74) is 6.62. The minimum absolute atomic E-state index is 0.0706. The Hall–Kier alpha value is -4.98. The number of likely N-dealkylation sites (N-methyl/N-ethyl adjacent to an activating group) is 1. The molecule has 1 aliphatic heterocycles. The second-order valence-corrected chi connectivity index (χ2v) is 18.6. The van der Waals surface area contributed by atoms with Crippen molar-refractivity contribution in [2.45, 2.75) is 75.2 Å². The molecule has 1 nitrogen and oxygen atoms in total. The van der Waals surface area contributed by atoms with Crippen molar-refractivity contribution in [3.05, 3.63) is 82.2 Å². The second-order valence-electron chi connectivity index (χ2n) is 18.6. The fourth-order valence-electron chi connectivity index (χ4n) is 16.0. The van der Waals surface area contributed by atoms with E-state index in [0.717, 1.165) is 6.54 Å². The molecule has 1 heteroatoms. The first kappa shape index (κ1) is 25.9. The summed E-state index contributed by atoms with van der Waals surface area (Å²) in [6.45, 7) is 3.45. The quantitative estimate of drug-likeness (QED) is 0.115. The summed E-state index contributed by atoms with van der Waals surface area (Å²) in [5.74, 6) is 0. The van der Waals surface area contributed by atoms with Crippen LogP contribution in [0.15, 0.2) is 60.7 Å². The van der Waals surface area contributed by atoms with E-state index < -0.39 is 0 Å². The molecule has 12 aromatic carbocycles. The van der Waals surface area contributed by atoms with Crippen LogP contribution in [0.1, 0.15) is 69.4 Å². The van der Waals surface area contributed by atoms with Crippen LogP contribution in [0, 0.1) is 0 Å². The Labute approximate surface area is 304 Å². The Morgan fingerprint density at radius 2 is 0.906 bits per heavy atom. The molecule has 0 N–H and O–H groups in total. The van der Waals surface area contributed by atoms with Crippen molar-refractivity contribution in [2.75, 3.05) is 13.6 Å². The second kappa shape index (κ2) is 7.40. The van der Waals surface area contributed by atoms with E-state index in [1.165, 1.54) is 83.7 Å². The van der Waals surface area contributed by atoms with Gasteiger partial charge in [-0.25, -0.2) is 0 Å². The zero-order valence-electron chi connectivity index (χ0n) is 30.2. The molecule has 1 saturated heterocycles. The van der Waals surface area contributed by atoms with Gasteiger partial charge in [0.25, 0.3) is 0 Å². The van der Waals surface area contributed by atoms with Crippen molar-refractivity contribution in [3.63, 3.8) is 0 Å². The van der Waals surface area contributed by atoms with Gasteiger partial charge in [0.15, 0.2) is 0 Å². The lowest BCUT2D eigenvalue weighted by Crippen LogP contribution is -2.54. The number of allylic oxidation sites excluding steroid dienone is 2. The monoisotopic (exact) mass is 673 g/mol. The van der Waals surface area contributed by atoms with Gasteiger partial charge in [-0.05, 0) is 165 Å². The predicted molar refractivity (Wildman–Crippen MR) is 226 cm³/mol. The van der Waals surface area contributed by atoms with Crippen molar-refractivity contribution >= 4 is 130 Å². The van der Waals surface area contributed by atoms with Crippen molar-refractivity contribution in [2.24, 2.45) is 0 Å². The summed E-state index contributed by atoms with van der Waals surface area (Å²) >= 11 is 0. The molecule has 4 aliphatic carbocycles. The lowest BCUT2D eigenvalue weighted by Gasteiger charge is -2.52. The molecule has 3 atom stereocenters. The maximum atomic E-state index is 2.88. The Morgan fingerprint density at radius 1 is 0.472 bits per heavy atom. The third-order valence-electron chi connectivity index (χ3n) is 17.2. The fourth-order valence-corrected chi connectivity index (χ4v) is 16.0. The van der Waals surface area contributed by atoms with E-state index in [-0.39, 0.29) is 10.8 Å². The number of nitrogens with zero attached hydrogens (tertiary/aromatic N) is 1. The number of fused-ring (bicyclic) bond motifs is 3. The van der Waals surface area contributed by atoms with Crippen LogP contribution in [0.2, 0.25) is 0 Å². The Balaban J connectivity index is 1.17. The third-order valence-corrected chi connectivity index (χ3v) is 17.2. The Bertz CT molecular complexity index is 3840. The van der Waals surface area contributed by atoms with Crippen LogP contribution >= 0.6 is 0 Å². The number of unbranched alkanes of at least 4 members (excludes halogenated alkanes) is 6. The van der Waals surface area contributed by atoms with E-state index in [2.05, 4.69) is 79.6 Å². The van der Waals surface area contributed by atoms with Gasteiger partial charge in [-0.1, -0.05) is 113 Å². The normalized spacial score (nSPS) is 24.7. The van der Waals surface area contributed by atoms with Crippen LogP contribution in [0.4, 0.5) is 0 Å². The highest BCUT2D eigenvalue weighted by atomic mass is 15.2. The molecule has 1 heterocycles. The minimum Gasteiger partial charge on any atom is -0.301 e. The van der Waals surface area contributed by atoms with E-state index >= 15 is 0 Å². The van der Waals surface area contributed by atoms with E-state index in [9.17, 15) is 0 Å². The van der Waals surface area contributed by atoms with Gasteiger partial charge in [0, 0.05) is 12.6 Å². The average Bonchev–Trinajstić information content (AvgIpc) is 4.01. The standard InChI is InChI=1S/C52H35N/c1-3-4-5-6-7-8-9-10-32-52-31-20-19-30-28-17-15-26-24-13-11-22-23-12-14-25-27-16-18-29(31)40-38(27)43-36(25)34(23)41-33(22)35(24)42-37(26)39(28)49(51(30,52)21-53(32)2)47-45(42)44(41)46(43)48(47)50(40)52/h11-20,32H,3-10,21H2,1-2H3. The first-order valence-electron chi connectivity index (χ1n) is 20.8. The van der Waals surface area contributed by atoms with Gasteiger partial charge in [-0.15, -0.1) is 0 Å². The molecule has 0 amide bonds. The van der Waals surface area contributed by atoms with E-state index in [0.29, 0.717) is 6.04 Å². The van der Waals surface area contributed by atoms with Crippen molar-refractivity contribution in [1.29, 1.82) is 0 Å². The van der Waals surface area contributed by atoms with Gasteiger partial charge in [-0.2, -0.15) is 0 Å². The Kier molecular flexibility index (Phi) is 3.62. The van der Waals surface area contributed by atoms with E-state index in [1.54, 1.807) is 119 Å². The summed E-state index contributed by atoms with van der Waals surface area (Å²) in [6, 6.07) is 20.7. The van der Waals surface area contributed by atoms with Crippen LogP contribution in [0.3, 0.4) is 0 Å². The van der Waals surface area contributed by atoms with Gasteiger partial charge < -0.3 is 4.90 Å². The van der Waals surface area contributed by atoms with Crippen LogP contribution in [0.5, 0.6) is 0 Å². The van der Waals surface area contributed by atoms with Crippen LogP contribution in [0.25, 0.3) is 130 Å². The number of likely N-dealkylation sites (tertiary alicyclic amines) is 1. The van der Waals surface area contributed by atoms with Gasteiger partial charge in [0.2, 0.25) is 0 Å². The van der Waals surface area contributed by atoms with Crippen LogP contribution in [-0.2, 0) is 10.8 Å². The zero-order chi connectivity index (χ0) is 33.8. The van der Waals surface area contributed by atoms with E-state index in [4.69, 9.17) is 0 Å². The molecule has 0 radical (unpaired) electrons. The third kappa shape index (κ3) is 2.02.